The lowest BCUT2D eigenvalue weighted by atomic mass is 9.99. The van der Waals surface area contributed by atoms with Crippen LogP contribution in [0.15, 0.2) is 65.1 Å². The van der Waals surface area contributed by atoms with Crippen LogP contribution in [-0.4, -0.2) is 43.6 Å². The molecule has 0 saturated carbocycles. The fourth-order valence-electron chi connectivity index (χ4n) is 4.22. The summed E-state index contributed by atoms with van der Waals surface area (Å²) in [6, 6.07) is 18.8. The Morgan fingerprint density at radius 1 is 1.06 bits per heavy atom. The van der Waals surface area contributed by atoms with Gasteiger partial charge in [0.15, 0.2) is 5.16 Å². The number of carbonyl (C=O) groups is 1. The maximum absolute atomic E-state index is 12.9. The van der Waals surface area contributed by atoms with E-state index in [0.29, 0.717) is 23.8 Å². The van der Waals surface area contributed by atoms with Crippen molar-refractivity contribution >= 4 is 29.0 Å². The second-order valence-electron chi connectivity index (χ2n) is 9.12. The molecule has 1 fully saturated rings. The molecule has 0 N–H and O–H groups in total. The third-order valence-electron chi connectivity index (χ3n) is 6.36. The number of thiazole rings is 1. The summed E-state index contributed by atoms with van der Waals surface area (Å²) in [6.07, 6.45) is 2.84. The zero-order chi connectivity index (χ0) is 24.2. The molecule has 6 nitrogen and oxygen atoms in total. The van der Waals surface area contributed by atoms with Crippen molar-refractivity contribution in [2.45, 2.75) is 44.0 Å². The van der Waals surface area contributed by atoms with E-state index in [1.807, 2.05) is 28.5 Å². The van der Waals surface area contributed by atoms with Crippen LogP contribution < -0.4 is 0 Å². The Morgan fingerprint density at radius 3 is 2.54 bits per heavy atom. The first-order chi connectivity index (χ1) is 17.1. The quantitative estimate of drug-likeness (QED) is 0.299. The van der Waals surface area contributed by atoms with Gasteiger partial charge in [-0.1, -0.05) is 66.7 Å². The third-order valence-corrected chi connectivity index (χ3v) is 8.34. The predicted molar refractivity (Wildman–Crippen MR) is 141 cm³/mol. The monoisotopic (exact) mass is 503 g/mol. The lowest BCUT2D eigenvalue weighted by molar-refractivity contribution is 0.0692. The van der Waals surface area contributed by atoms with E-state index in [2.05, 4.69) is 70.0 Å². The molecule has 4 aromatic rings. The van der Waals surface area contributed by atoms with Gasteiger partial charge in [-0.15, -0.1) is 21.5 Å². The van der Waals surface area contributed by atoms with Crippen LogP contribution in [0.4, 0.5) is 0 Å². The molecule has 1 amide bonds. The van der Waals surface area contributed by atoms with E-state index in [-0.39, 0.29) is 5.91 Å². The number of aromatic nitrogens is 4. The van der Waals surface area contributed by atoms with E-state index in [0.717, 1.165) is 47.6 Å². The first-order valence-corrected chi connectivity index (χ1v) is 13.8. The van der Waals surface area contributed by atoms with Crippen molar-refractivity contribution in [1.29, 1.82) is 0 Å². The van der Waals surface area contributed by atoms with Crippen molar-refractivity contribution < 1.29 is 4.79 Å². The molecule has 2 aromatic carbocycles. The Balaban J connectivity index is 1.33. The maximum atomic E-state index is 12.9. The zero-order valence-corrected chi connectivity index (χ0v) is 21.7. The van der Waals surface area contributed by atoms with Crippen molar-refractivity contribution in [2.75, 3.05) is 13.1 Å². The Bertz CT molecular complexity index is 1270. The molecule has 1 aliphatic rings. The average molecular weight is 504 g/mol. The minimum absolute atomic E-state index is 0.0531. The van der Waals surface area contributed by atoms with Crippen molar-refractivity contribution in [3.05, 3.63) is 87.6 Å². The Labute approximate surface area is 214 Å². The van der Waals surface area contributed by atoms with E-state index in [1.165, 1.54) is 22.5 Å². The highest BCUT2D eigenvalue weighted by Gasteiger charge is 2.23. The molecule has 0 atom stereocenters. The van der Waals surface area contributed by atoms with Crippen LogP contribution >= 0.6 is 23.1 Å². The fraction of sp³-hybridized carbons (Fsp3) is 0.333. The highest BCUT2D eigenvalue weighted by atomic mass is 32.2. The SMILES string of the molecule is Cc1ccc(-n2c(Cc3ccccc3)nnc2SCc2nc(C(=O)N3CCC(C)CC3)cs2)cc1. The summed E-state index contributed by atoms with van der Waals surface area (Å²) >= 11 is 3.14. The van der Waals surface area contributed by atoms with Crippen LogP contribution in [0.1, 0.15) is 52.2 Å². The van der Waals surface area contributed by atoms with Crippen LogP contribution in [0.2, 0.25) is 0 Å². The van der Waals surface area contributed by atoms with E-state index < -0.39 is 0 Å². The molecule has 0 radical (unpaired) electrons. The van der Waals surface area contributed by atoms with E-state index in [4.69, 9.17) is 0 Å². The molecule has 0 bridgehead atoms. The van der Waals surface area contributed by atoms with Gasteiger partial charge in [-0.3, -0.25) is 9.36 Å². The zero-order valence-electron chi connectivity index (χ0n) is 20.1. The molecule has 35 heavy (non-hydrogen) atoms. The topological polar surface area (TPSA) is 63.9 Å². The number of likely N-dealkylation sites (tertiary alicyclic amines) is 1. The Hall–Kier alpha value is -2.97. The van der Waals surface area contributed by atoms with Gasteiger partial charge in [0.25, 0.3) is 5.91 Å². The average Bonchev–Trinajstić information content (AvgIpc) is 3.51. The molecule has 1 saturated heterocycles. The standard InChI is InChI=1S/C27H29N5OS2/c1-19-8-10-22(11-9-19)32-24(16-21-6-4-3-5-7-21)29-30-27(32)35-18-25-28-23(17-34-25)26(33)31-14-12-20(2)13-15-31/h3-11,17,20H,12-16,18H2,1-2H3. The van der Waals surface area contributed by atoms with Crippen molar-refractivity contribution in [3.8, 4) is 5.69 Å². The molecule has 3 heterocycles. The summed E-state index contributed by atoms with van der Waals surface area (Å²) in [5.41, 5.74) is 4.01. The summed E-state index contributed by atoms with van der Waals surface area (Å²) < 4.78 is 2.13. The number of thioether (sulfide) groups is 1. The van der Waals surface area contributed by atoms with Gasteiger partial charge in [0.2, 0.25) is 0 Å². The summed E-state index contributed by atoms with van der Waals surface area (Å²) in [5, 5.41) is 12.7. The van der Waals surface area contributed by atoms with Crippen molar-refractivity contribution in [3.63, 3.8) is 0 Å². The Morgan fingerprint density at radius 2 is 1.80 bits per heavy atom. The summed E-state index contributed by atoms with van der Waals surface area (Å²) in [4.78, 5) is 19.5. The number of amides is 1. The number of nitrogens with zero attached hydrogens (tertiary/aromatic N) is 5. The molecule has 8 heteroatoms. The second-order valence-corrected chi connectivity index (χ2v) is 11.0. The normalized spacial score (nSPS) is 14.4. The van der Waals surface area contributed by atoms with Gasteiger partial charge in [0.1, 0.15) is 16.5 Å². The molecule has 0 aliphatic carbocycles. The number of hydrogen-bond acceptors (Lipinski definition) is 6. The summed E-state index contributed by atoms with van der Waals surface area (Å²) in [5.74, 6) is 2.29. The fourth-order valence-corrected chi connectivity index (χ4v) is 5.97. The largest absolute Gasteiger partial charge is 0.337 e. The molecule has 1 aliphatic heterocycles. The number of rotatable bonds is 7. The van der Waals surface area contributed by atoms with Crippen molar-refractivity contribution in [2.24, 2.45) is 5.92 Å². The number of hydrogen-bond donors (Lipinski definition) is 0. The van der Waals surface area contributed by atoms with Gasteiger partial charge < -0.3 is 4.90 Å². The van der Waals surface area contributed by atoms with Gasteiger partial charge in [-0.25, -0.2) is 4.98 Å². The lowest BCUT2D eigenvalue weighted by Gasteiger charge is -2.29. The maximum Gasteiger partial charge on any atom is 0.273 e. The lowest BCUT2D eigenvalue weighted by Crippen LogP contribution is -2.38. The highest BCUT2D eigenvalue weighted by Crippen LogP contribution is 2.28. The van der Waals surface area contributed by atoms with Gasteiger partial charge in [0.05, 0.1) is 5.75 Å². The van der Waals surface area contributed by atoms with Gasteiger partial charge in [0, 0.05) is 30.6 Å². The first-order valence-electron chi connectivity index (χ1n) is 12.0. The van der Waals surface area contributed by atoms with Crippen LogP contribution in [0.3, 0.4) is 0 Å². The van der Waals surface area contributed by atoms with E-state index in [9.17, 15) is 4.79 Å². The number of carbonyl (C=O) groups excluding carboxylic acids is 1. The van der Waals surface area contributed by atoms with Crippen LogP contribution in [-0.2, 0) is 12.2 Å². The first kappa shape index (κ1) is 23.8. The molecule has 180 valence electrons. The Kier molecular flexibility index (Phi) is 7.29. The molecular weight excluding hydrogens is 474 g/mol. The molecular formula is C27H29N5OS2. The minimum atomic E-state index is 0.0531. The number of benzene rings is 2. The summed E-state index contributed by atoms with van der Waals surface area (Å²) in [7, 11) is 0. The second kappa shape index (κ2) is 10.7. The molecule has 2 aromatic heterocycles. The van der Waals surface area contributed by atoms with E-state index >= 15 is 0 Å². The minimum Gasteiger partial charge on any atom is -0.337 e. The third kappa shape index (κ3) is 5.65. The highest BCUT2D eigenvalue weighted by molar-refractivity contribution is 7.98. The summed E-state index contributed by atoms with van der Waals surface area (Å²) in [6.45, 7) is 5.99. The van der Waals surface area contributed by atoms with Gasteiger partial charge >= 0.3 is 0 Å². The number of aryl methyl sites for hydroxylation is 1. The van der Waals surface area contributed by atoms with E-state index in [1.54, 1.807) is 11.8 Å². The van der Waals surface area contributed by atoms with Crippen LogP contribution in [0.25, 0.3) is 5.69 Å². The van der Waals surface area contributed by atoms with Crippen molar-refractivity contribution in [1.82, 2.24) is 24.6 Å². The molecule has 5 rings (SSSR count). The van der Waals surface area contributed by atoms with Gasteiger partial charge in [-0.05, 0) is 43.4 Å². The van der Waals surface area contributed by atoms with Crippen LogP contribution in [0, 0.1) is 12.8 Å². The van der Waals surface area contributed by atoms with Crippen LogP contribution in [0.5, 0.6) is 0 Å². The molecule has 0 unspecified atom stereocenters. The molecule has 0 spiro atoms. The predicted octanol–water partition coefficient (Wildman–Crippen LogP) is 5.79. The van der Waals surface area contributed by atoms with Gasteiger partial charge in [-0.2, -0.15) is 0 Å². The smallest absolute Gasteiger partial charge is 0.273 e. The number of piperidine rings is 1.